The molecule has 2 heterocycles. The number of hydrogen-bond acceptors (Lipinski definition) is 6. The number of nitrogens with zero attached hydrogens (tertiary/aromatic N) is 4. The van der Waals surface area contributed by atoms with E-state index in [-0.39, 0.29) is 35.0 Å². The van der Waals surface area contributed by atoms with Crippen molar-refractivity contribution in [3.63, 3.8) is 0 Å². The molecule has 3 aromatic rings. The fourth-order valence-corrected chi connectivity index (χ4v) is 3.61. The number of amidine groups is 1. The van der Waals surface area contributed by atoms with Gasteiger partial charge >= 0.3 is 5.88 Å². The van der Waals surface area contributed by atoms with E-state index in [9.17, 15) is 14.0 Å². The number of rotatable bonds is 5. The maximum atomic E-state index is 13.2. The first-order chi connectivity index (χ1) is 15.0. The van der Waals surface area contributed by atoms with Crippen molar-refractivity contribution >= 4 is 46.4 Å². The number of thioether (sulfide) groups is 1. The Bertz CT molecular complexity index is 1180. The maximum absolute atomic E-state index is 13.2. The topological polar surface area (TPSA) is 91.7 Å². The van der Waals surface area contributed by atoms with Crippen LogP contribution in [0.25, 0.3) is 6.08 Å². The number of carbonyl (C=O) groups excluding carboxylic acids is 2. The molecule has 0 radical (unpaired) electrons. The fourth-order valence-electron chi connectivity index (χ4n) is 2.80. The summed E-state index contributed by atoms with van der Waals surface area (Å²) in [6.45, 7) is 0. The fraction of sp³-hybridized carbons (Fsp3) is 0.0952. The number of carbonyl (C=O) groups is 2. The van der Waals surface area contributed by atoms with E-state index in [0.29, 0.717) is 16.4 Å². The molecular formula is C21H17FN5O3S+. The van der Waals surface area contributed by atoms with Crippen LogP contribution < -0.4 is 14.9 Å². The van der Waals surface area contributed by atoms with Crippen molar-refractivity contribution in [3.8, 4) is 0 Å². The van der Waals surface area contributed by atoms with E-state index in [1.807, 2.05) is 18.2 Å². The Labute approximate surface area is 181 Å². The highest BCUT2D eigenvalue weighted by molar-refractivity contribution is 8.14. The van der Waals surface area contributed by atoms with Gasteiger partial charge in [-0.1, -0.05) is 46.8 Å². The first-order valence-corrected chi connectivity index (χ1v) is 10.2. The minimum Gasteiger partial charge on any atom is -0.288 e. The van der Waals surface area contributed by atoms with Gasteiger partial charge in [0, 0.05) is 0 Å². The molecule has 0 fully saturated rings. The zero-order chi connectivity index (χ0) is 21.8. The van der Waals surface area contributed by atoms with E-state index >= 15 is 0 Å². The zero-order valence-electron chi connectivity index (χ0n) is 16.4. The predicted molar refractivity (Wildman–Crippen MR) is 115 cm³/mol. The van der Waals surface area contributed by atoms with Crippen molar-refractivity contribution in [2.24, 2.45) is 12.0 Å². The van der Waals surface area contributed by atoms with E-state index in [0.717, 1.165) is 11.8 Å². The van der Waals surface area contributed by atoms with Gasteiger partial charge in [-0.3, -0.25) is 24.3 Å². The van der Waals surface area contributed by atoms with Gasteiger partial charge in [-0.25, -0.2) is 9.38 Å². The van der Waals surface area contributed by atoms with Crippen LogP contribution in [0.1, 0.15) is 5.56 Å². The Morgan fingerprint density at radius 2 is 1.97 bits per heavy atom. The predicted octanol–water partition coefficient (Wildman–Crippen LogP) is 2.75. The van der Waals surface area contributed by atoms with Crippen molar-refractivity contribution in [2.45, 2.75) is 0 Å². The van der Waals surface area contributed by atoms with E-state index in [2.05, 4.69) is 15.6 Å². The van der Waals surface area contributed by atoms with Gasteiger partial charge in [0.25, 0.3) is 12.1 Å². The number of aryl methyl sites for hydroxylation is 1. The minimum absolute atomic E-state index is 0.00366. The number of hydrogen-bond donors (Lipinski definition) is 1. The number of halogens is 1. The molecule has 1 aliphatic rings. The van der Waals surface area contributed by atoms with Crippen LogP contribution in [-0.4, -0.2) is 28.0 Å². The average molecular weight is 438 g/mol. The number of benzene rings is 2. The summed E-state index contributed by atoms with van der Waals surface area (Å²) in [6.07, 6.45) is 3.11. The molecule has 0 bridgehead atoms. The van der Waals surface area contributed by atoms with Gasteiger partial charge in [0.1, 0.15) is 11.5 Å². The Balaban J connectivity index is 1.55. The Morgan fingerprint density at radius 1 is 1.23 bits per heavy atom. The van der Waals surface area contributed by atoms with Crippen LogP contribution in [0.2, 0.25) is 0 Å². The van der Waals surface area contributed by atoms with Gasteiger partial charge in [0.2, 0.25) is 5.91 Å². The third-order valence-corrected chi connectivity index (χ3v) is 5.12. The lowest BCUT2D eigenvalue weighted by Crippen LogP contribution is -2.31. The second-order valence-corrected chi connectivity index (χ2v) is 7.47. The standard InChI is InChI=1S/C21H16FN5O3S/c1-26-12-19(30-25-26)24-18(28)13-31-21-23-17(11-14-7-9-15(22)10-8-14)20(29)27(21)16-5-3-2-4-6-16/h2-12H,13H2,1H3/p+1/b17-11+. The number of anilines is 2. The summed E-state index contributed by atoms with van der Waals surface area (Å²) in [5, 5.41) is 6.59. The second kappa shape index (κ2) is 8.92. The van der Waals surface area contributed by atoms with Crippen molar-refractivity contribution in [2.75, 3.05) is 16.0 Å². The average Bonchev–Trinajstić information content (AvgIpc) is 3.31. The van der Waals surface area contributed by atoms with Gasteiger partial charge in [-0.2, -0.15) is 0 Å². The molecule has 156 valence electrons. The van der Waals surface area contributed by atoms with Gasteiger partial charge in [0.05, 0.1) is 11.4 Å². The van der Waals surface area contributed by atoms with Crippen molar-refractivity contribution < 1.29 is 23.2 Å². The summed E-state index contributed by atoms with van der Waals surface area (Å²) < 4.78 is 19.5. The van der Waals surface area contributed by atoms with Crippen LogP contribution in [0.15, 0.2) is 76.0 Å². The molecule has 0 atom stereocenters. The van der Waals surface area contributed by atoms with Gasteiger partial charge in [0.15, 0.2) is 17.5 Å². The lowest BCUT2D eigenvalue weighted by Gasteiger charge is -2.17. The molecule has 4 rings (SSSR count). The zero-order valence-corrected chi connectivity index (χ0v) is 17.2. The highest BCUT2D eigenvalue weighted by Crippen LogP contribution is 2.29. The van der Waals surface area contributed by atoms with Crippen molar-refractivity contribution in [3.05, 3.63) is 77.9 Å². The first kappa shape index (κ1) is 20.5. The van der Waals surface area contributed by atoms with Crippen LogP contribution in [0, 0.1) is 5.82 Å². The molecule has 0 spiro atoms. The molecule has 0 saturated heterocycles. The van der Waals surface area contributed by atoms with Gasteiger partial charge in [-0.05, 0) is 35.9 Å². The molecule has 2 amide bonds. The smallest absolute Gasteiger partial charge is 0.288 e. The Hall–Kier alpha value is -3.79. The third-order valence-electron chi connectivity index (χ3n) is 4.18. The molecule has 10 heteroatoms. The van der Waals surface area contributed by atoms with E-state index < -0.39 is 0 Å². The SMILES string of the molecule is C[n+]1cc(NC(=O)CSC2=N/C(=C/c3ccc(F)cc3)C(=O)N2c2ccccc2)on1. The third kappa shape index (κ3) is 4.86. The molecule has 1 aliphatic heterocycles. The van der Waals surface area contributed by atoms with Gasteiger partial charge < -0.3 is 0 Å². The maximum Gasteiger partial charge on any atom is 0.302 e. The van der Waals surface area contributed by atoms with Crippen LogP contribution in [-0.2, 0) is 16.6 Å². The quantitative estimate of drug-likeness (QED) is 0.489. The molecule has 2 aromatic carbocycles. The molecule has 0 aliphatic carbocycles. The highest BCUT2D eigenvalue weighted by atomic mass is 32.2. The number of aromatic nitrogens is 2. The van der Waals surface area contributed by atoms with Crippen LogP contribution in [0.3, 0.4) is 0 Å². The molecule has 31 heavy (non-hydrogen) atoms. The number of amides is 2. The van der Waals surface area contributed by atoms with Crippen molar-refractivity contribution in [1.82, 2.24) is 5.27 Å². The van der Waals surface area contributed by atoms with E-state index in [1.165, 1.54) is 27.9 Å². The number of aliphatic imine (C=N–C) groups is 1. The van der Waals surface area contributed by atoms with Crippen molar-refractivity contribution in [1.29, 1.82) is 0 Å². The summed E-state index contributed by atoms with van der Waals surface area (Å²) in [5.74, 6) is -0.809. The second-order valence-electron chi connectivity index (χ2n) is 6.53. The molecule has 8 nitrogen and oxygen atoms in total. The van der Waals surface area contributed by atoms with Crippen LogP contribution in [0.4, 0.5) is 16.0 Å². The molecule has 1 aromatic heterocycles. The largest absolute Gasteiger partial charge is 0.302 e. The first-order valence-electron chi connectivity index (χ1n) is 9.20. The van der Waals surface area contributed by atoms with Gasteiger partial charge in [-0.15, -0.1) is 0 Å². The molecular weight excluding hydrogens is 421 g/mol. The van der Waals surface area contributed by atoms with Crippen LogP contribution >= 0.6 is 11.8 Å². The minimum atomic E-state index is -0.364. The Morgan fingerprint density at radius 3 is 2.65 bits per heavy atom. The normalized spacial score (nSPS) is 14.8. The lowest BCUT2D eigenvalue weighted by atomic mass is 10.2. The summed E-state index contributed by atoms with van der Waals surface area (Å²) in [6, 6.07) is 14.8. The summed E-state index contributed by atoms with van der Waals surface area (Å²) >= 11 is 1.11. The molecule has 0 saturated carbocycles. The summed E-state index contributed by atoms with van der Waals surface area (Å²) in [5.41, 5.74) is 1.47. The molecule has 0 unspecified atom stereocenters. The lowest BCUT2D eigenvalue weighted by molar-refractivity contribution is -0.739. The van der Waals surface area contributed by atoms with E-state index in [4.69, 9.17) is 4.52 Å². The summed E-state index contributed by atoms with van der Waals surface area (Å²) in [7, 11) is 1.67. The Kier molecular flexibility index (Phi) is 5.89. The van der Waals surface area contributed by atoms with Crippen LogP contribution in [0.5, 0.6) is 0 Å². The summed E-state index contributed by atoms with van der Waals surface area (Å²) in [4.78, 5) is 31.2. The van der Waals surface area contributed by atoms with E-state index in [1.54, 1.807) is 37.4 Å². The number of para-hydroxylation sites is 1. The highest BCUT2D eigenvalue weighted by Gasteiger charge is 2.32. The molecule has 1 N–H and O–H groups in total. The number of nitrogens with one attached hydrogen (secondary N) is 1. The monoisotopic (exact) mass is 438 g/mol.